The minimum absolute atomic E-state index is 0.115. The van der Waals surface area contributed by atoms with Gasteiger partial charge in [-0.3, -0.25) is 9.59 Å². The molecular weight excluding hydrogens is 545 g/mol. The number of nitrogens with one attached hydrogen (secondary N) is 3. The maximum Gasteiger partial charge on any atom is 0.237 e. The lowest BCUT2D eigenvalue weighted by Gasteiger charge is -2.37. The fourth-order valence-electron chi connectivity index (χ4n) is 6.62. The molecule has 3 aliphatic rings. The molecule has 5 rings (SSSR count). The molecule has 39 heavy (non-hydrogen) atoms. The highest BCUT2D eigenvalue weighted by Crippen LogP contribution is 2.57. The second kappa shape index (κ2) is 10.6. The zero-order chi connectivity index (χ0) is 28.1. The number of halogens is 4. The predicted octanol–water partition coefficient (Wildman–Crippen LogP) is 5.23. The van der Waals surface area contributed by atoms with E-state index in [0.29, 0.717) is 30.8 Å². The predicted molar refractivity (Wildman–Crippen MR) is 149 cm³/mol. The fourth-order valence-corrected chi connectivity index (χ4v) is 6.96. The molecule has 2 fully saturated rings. The molecule has 6 nitrogen and oxygen atoms in total. The second-order valence-electron chi connectivity index (χ2n) is 12.1. The molecule has 0 aromatic heterocycles. The molecule has 2 aromatic carbocycles. The van der Waals surface area contributed by atoms with Crippen molar-refractivity contribution in [3.8, 4) is 0 Å². The van der Waals surface area contributed by atoms with Crippen molar-refractivity contribution in [2.75, 3.05) is 31.5 Å². The first kappa shape index (κ1) is 28.3. The SMILES string of the molecule is CC(C)(C)C[C@H]1N[C@@H](C(=O)NCCN2CCCC2)[C@H](c2cccc(Cl)c2F)[C@@]12C(=O)Nc1cc(Cl)c(F)cc12. The van der Waals surface area contributed by atoms with Gasteiger partial charge in [-0.25, -0.2) is 8.78 Å². The largest absolute Gasteiger partial charge is 0.353 e. The summed E-state index contributed by atoms with van der Waals surface area (Å²) >= 11 is 12.3. The Kier molecular flexibility index (Phi) is 7.70. The number of hydrogen-bond donors (Lipinski definition) is 3. The highest BCUT2D eigenvalue weighted by molar-refractivity contribution is 6.31. The number of fused-ring (bicyclic) bond motifs is 2. The molecule has 3 N–H and O–H groups in total. The molecule has 4 atom stereocenters. The van der Waals surface area contributed by atoms with Crippen molar-refractivity contribution in [2.24, 2.45) is 5.41 Å². The number of likely N-dealkylation sites (tertiary alicyclic amines) is 1. The Balaban J connectivity index is 1.64. The number of hydrogen-bond acceptors (Lipinski definition) is 4. The summed E-state index contributed by atoms with van der Waals surface area (Å²) in [5, 5.41) is 9.03. The second-order valence-corrected chi connectivity index (χ2v) is 12.9. The Morgan fingerprint density at radius 1 is 1.15 bits per heavy atom. The van der Waals surface area contributed by atoms with Crippen LogP contribution in [0.4, 0.5) is 14.5 Å². The van der Waals surface area contributed by atoms with Gasteiger partial charge in [0.1, 0.15) is 17.0 Å². The maximum atomic E-state index is 15.8. The van der Waals surface area contributed by atoms with E-state index in [0.717, 1.165) is 25.9 Å². The fraction of sp³-hybridized carbons (Fsp3) is 0.517. The van der Waals surface area contributed by atoms with E-state index in [1.807, 2.05) is 20.8 Å². The molecule has 0 unspecified atom stereocenters. The van der Waals surface area contributed by atoms with Crippen molar-refractivity contribution in [1.82, 2.24) is 15.5 Å². The van der Waals surface area contributed by atoms with Crippen LogP contribution in [0, 0.1) is 17.0 Å². The molecule has 0 saturated carbocycles. The lowest BCUT2D eigenvalue weighted by atomic mass is 9.62. The van der Waals surface area contributed by atoms with Crippen molar-refractivity contribution in [1.29, 1.82) is 0 Å². The normalized spacial score (nSPS) is 26.7. The summed E-state index contributed by atoms with van der Waals surface area (Å²) in [6, 6.07) is 5.62. The number of anilines is 1. The quantitative estimate of drug-likeness (QED) is 0.438. The number of rotatable bonds is 6. The van der Waals surface area contributed by atoms with Gasteiger partial charge in [0.05, 0.1) is 16.1 Å². The molecule has 0 aliphatic carbocycles. The number of carbonyl (C=O) groups excluding carboxylic acids is 2. The van der Waals surface area contributed by atoms with E-state index in [2.05, 4.69) is 20.9 Å². The van der Waals surface area contributed by atoms with Crippen LogP contribution in [0.3, 0.4) is 0 Å². The summed E-state index contributed by atoms with van der Waals surface area (Å²) in [5.74, 6) is -3.17. The van der Waals surface area contributed by atoms with Gasteiger partial charge in [-0.2, -0.15) is 0 Å². The van der Waals surface area contributed by atoms with Crippen LogP contribution in [0.2, 0.25) is 10.0 Å². The van der Waals surface area contributed by atoms with Gasteiger partial charge in [0.15, 0.2) is 0 Å². The van der Waals surface area contributed by atoms with Crippen LogP contribution in [0.5, 0.6) is 0 Å². The smallest absolute Gasteiger partial charge is 0.237 e. The van der Waals surface area contributed by atoms with Crippen molar-refractivity contribution in [3.05, 3.63) is 63.1 Å². The van der Waals surface area contributed by atoms with Crippen LogP contribution in [0.25, 0.3) is 0 Å². The van der Waals surface area contributed by atoms with Crippen molar-refractivity contribution >= 4 is 40.7 Å². The van der Waals surface area contributed by atoms with E-state index < -0.39 is 41.0 Å². The molecule has 2 amide bonds. The molecule has 2 saturated heterocycles. The van der Waals surface area contributed by atoms with Gasteiger partial charge < -0.3 is 20.9 Å². The highest BCUT2D eigenvalue weighted by atomic mass is 35.5. The van der Waals surface area contributed by atoms with Crippen LogP contribution in [0.1, 0.15) is 57.1 Å². The first-order valence-corrected chi connectivity index (χ1v) is 14.2. The van der Waals surface area contributed by atoms with E-state index in [1.165, 1.54) is 18.2 Å². The van der Waals surface area contributed by atoms with Gasteiger partial charge in [0.25, 0.3) is 0 Å². The van der Waals surface area contributed by atoms with E-state index in [-0.39, 0.29) is 26.9 Å². The number of carbonyl (C=O) groups is 2. The van der Waals surface area contributed by atoms with Crippen LogP contribution in [-0.4, -0.2) is 55.0 Å². The van der Waals surface area contributed by atoms with Crippen LogP contribution in [0.15, 0.2) is 30.3 Å². The van der Waals surface area contributed by atoms with Gasteiger partial charge in [-0.15, -0.1) is 0 Å². The van der Waals surface area contributed by atoms with Crippen molar-refractivity contribution in [3.63, 3.8) is 0 Å². The average Bonchev–Trinajstić information content (AvgIpc) is 3.55. The summed E-state index contributed by atoms with van der Waals surface area (Å²) < 4.78 is 30.7. The van der Waals surface area contributed by atoms with Crippen LogP contribution >= 0.6 is 23.2 Å². The van der Waals surface area contributed by atoms with E-state index >= 15 is 4.39 Å². The molecule has 3 heterocycles. The Hall–Kier alpha value is -2.26. The van der Waals surface area contributed by atoms with E-state index in [9.17, 15) is 14.0 Å². The lowest BCUT2D eigenvalue weighted by molar-refractivity contribution is -0.123. The van der Waals surface area contributed by atoms with E-state index in [4.69, 9.17) is 23.2 Å². The Bertz CT molecular complexity index is 1290. The van der Waals surface area contributed by atoms with Crippen molar-refractivity contribution < 1.29 is 18.4 Å². The molecule has 1 spiro atoms. The van der Waals surface area contributed by atoms with Gasteiger partial charge in [0, 0.05) is 30.7 Å². The van der Waals surface area contributed by atoms with Gasteiger partial charge in [-0.05, 0) is 67.1 Å². The first-order chi connectivity index (χ1) is 18.4. The number of nitrogens with zero attached hydrogens (tertiary/aromatic N) is 1. The lowest BCUT2D eigenvalue weighted by Crippen LogP contribution is -2.49. The van der Waals surface area contributed by atoms with E-state index in [1.54, 1.807) is 12.1 Å². The molecule has 10 heteroatoms. The molecule has 0 radical (unpaired) electrons. The topological polar surface area (TPSA) is 73.5 Å². The van der Waals surface area contributed by atoms with Gasteiger partial charge in [-0.1, -0.05) is 56.1 Å². The zero-order valence-electron chi connectivity index (χ0n) is 22.3. The number of benzene rings is 2. The summed E-state index contributed by atoms with van der Waals surface area (Å²) in [6.07, 6.45) is 2.74. The summed E-state index contributed by atoms with van der Waals surface area (Å²) in [5.41, 5.74) is -0.930. The molecule has 3 aliphatic heterocycles. The summed E-state index contributed by atoms with van der Waals surface area (Å²) in [4.78, 5) is 30.2. The average molecular weight is 580 g/mol. The highest BCUT2D eigenvalue weighted by Gasteiger charge is 2.66. The molecule has 210 valence electrons. The maximum absolute atomic E-state index is 15.8. The third-order valence-electron chi connectivity index (χ3n) is 8.23. The standard InChI is InChI=1S/C29H34Cl2F2N4O2/c1-28(2,3)15-22-29(17-13-20(32)19(31)14-21(17)35-27(29)39)23(16-7-6-8-18(30)24(16)33)25(36-22)26(38)34-9-12-37-10-4-5-11-37/h6-8,13-14,22-23,25,36H,4-5,9-12,15H2,1-3H3,(H,34,38)(H,35,39)/t22-,23+,25-,29+/m1/s1. The Labute approximate surface area is 237 Å². The van der Waals surface area contributed by atoms with Gasteiger partial charge >= 0.3 is 0 Å². The zero-order valence-corrected chi connectivity index (χ0v) is 23.9. The Morgan fingerprint density at radius 2 is 1.87 bits per heavy atom. The third-order valence-corrected chi connectivity index (χ3v) is 8.81. The first-order valence-electron chi connectivity index (χ1n) is 13.4. The minimum Gasteiger partial charge on any atom is -0.353 e. The Morgan fingerprint density at radius 3 is 2.56 bits per heavy atom. The molecule has 2 aromatic rings. The van der Waals surface area contributed by atoms with Gasteiger partial charge in [0.2, 0.25) is 11.8 Å². The monoisotopic (exact) mass is 578 g/mol. The summed E-state index contributed by atoms with van der Waals surface area (Å²) in [7, 11) is 0. The van der Waals surface area contributed by atoms with Crippen LogP contribution in [-0.2, 0) is 15.0 Å². The third kappa shape index (κ3) is 5.05. The number of amides is 2. The van der Waals surface area contributed by atoms with Crippen LogP contribution < -0.4 is 16.0 Å². The minimum atomic E-state index is -1.49. The summed E-state index contributed by atoms with van der Waals surface area (Å²) in [6.45, 7) is 9.19. The van der Waals surface area contributed by atoms with Crippen molar-refractivity contribution in [2.45, 2.75) is 63.5 Å². The molecule has 0 bridgehead atoms. The molecular formula is C29H34Cl2F2N4O2.